The Kier molecular flexibility index (Phi) is 18.0. The van der Waals surface area contributed by atoms with Crippen LogP contribution in [0.5, 0.6) is 57.5 Å². The summed E-state index contributed by atoms with van der Waals surface area (Å²) in [6.45, 7) is 2.99. The van der Waals surface area contributed by atoms with Crippen LogP contribution in [0.3, 0.4) is 0 Å². The van der Waals surface area contributed by atoms with E-state index in [0.717, 1.165) is 64.8 Å². The summed E-state index contributed by atoms with van der Waals surface area (Å²) >= 11 is 0. The summed E-state index contributed by atoms with van der Waals surface area (Å²) in [7, 11) is 20.2. The quantitative estimate of drug-likeness (QED) is 0.0230. The second-order valence-electron chi connectivity index (χ2n) is 17.9. The fraction of sp³-hybridized carbons (Fsp3) is 0.463. The number of carbonyl (C=O) groups excluding carboxylic acids is 3. The third-order valence-corrected chi connectivity index (χ3v) is 14.0. The van der Waals surface area contributed by atoms with Crippen LogP contribution in [0.1, 0.15) is 68.7 Å². The number of rotatable bonds is 24. The molecular formula is C54H70N2O15+2. The normalized spacial score (nSPS) is 19.1. The van der Waals surface area contributed by atoms with Crippen molar-refractivity contribution < 1.29 is 80.2 Å². The van der Waals surface area contributed by atoms with Crippen molar-refractivity contribution in [1.82, 2.24) is 0 Å². The first kappa shape index (κ1) is 53.5. The molecule has 4 unspecified atom stereocenters. The number of hydrogen-bond acceptors (Lipinski definition) is 15. The van der Waals surface area contributed by atoms with Crippen molar-refractivity contribution in [3.8, 4) is 57.5 Å². The van der Waals surface area contributed by atoms with E-state index in [1.165, 1.54) is 14.2 Å². The number of carbonyl (C=O) groups is 3. The van der Waals surface area contributed by atoms with Crippen molar-refractivity contribution in [1.29, 1.82) is 0 Å². The van der Waals surface area contributed by atoms with Gasteiger partial charge in [-0.05, 0) is 53.1 Å². The minimum atomic E-state index is -0.664. The molecule has 4 aromatic carbocycles. The Hall–Kier alpha value is -6.85. The van der Waals surface area contributed by atoms with E-state index in [1.807, 2.05) is 42.5 Å². The molecule has 71 heavy (non-hydrogen) atoms. The molecule has 0 bridgehead atoms. The lowest BCUT2D eigenvalue weighted by molar-refractivity contribution is -0.941. The number of likely N-dealkylation sites (N-methyl/N-ethyl adjacent to an activating group) is 2. The van der Waals surface area contributed by atoms with Crippen LogP contribution in [0.2, 0.25) is 0 Å². The molecule has 0 aromatic heterocycles. The number of fused-ring (bicyclic) bond motifs is 2. The lowest BCUT2D eigenvalue weighted by Gasteiger charge is -2.46. The topological polar surface area (TPSA) is 162 Å². The lowest BCUT2D eigenvalue weighted by atomic mass is 9.84. The molecule has 0 saturated carbocycles. The standard InChI is InChI=1S/C54H70N2O15/c1-55(23-19-35-30-43(63-6)51(66-9)53(68-11)47(35)39(55)27-34-15-16-40(60-3)41(28-34)61-4)21-13-25-70-45(58)17-18-46(59)71-26-14-22-56(2)24-20-36-31-44(64-7)52(67-10)54(69-12)48(36)49(56)37-29-38(33-57)50(65-8)42(32-37)62-5/h15-18,28-33,39,49H,13-14,19-27H2,1-12H3/q+2/b18-17-. The maximum atomic E-state index is 13.0. The highest BCUT2D eigenvalue weighted by molar-refractivity contribution is 5.91. The van der Waals surface area contributed by atoms with Gasteiger partial charge in [-0.2, -0.15) is 0 Å². The van der Waals surface area contributed by atoms with Crippen LogP contribution < -0.4 is 47.4 Å². The van der Waals surface area contributed by atoms with Crippen LogP contribution in [0.25, 0.3) is 0 Å². The van der Waals surface area contributed by atoms with Crippen LogP contribution in [0.15, 0.2) is 54.6 Å². The molecule has 2 aliphatic heterocycles. The molecule has 2 aliphatic rings. The van der Waals surface area contributed by atoms with E-state index in [9.17, 15) is 14.4 Å². The molecule has 4 aromatic rings. The summed E-state index contributed by atoms with van der Waals surface area (Å²) in [6, 6.07) is 13.2. The van der Waals surface area contributed by atoms with Crippen molar-refractivity contribution in [3.05, 3.63) is 93.6 Å². The summed E-state index contributed by atoms with van der Waals surface area (Å²) in [5.74, 6) is 4.00. The average molecular weight is 987 g/mol. The summed E-state index contributed by atoms with van der Waals surface area (Å²) in [6.07, 6.45) is 6.07. The van der Waals surface area contributed by atoms with E-state index < -0.39 is 11.9 Å². The lowest BCUT2D eigenvalue weighted by Crippen LogP contribution is -2.52. The smallest absolute Gasteiger partial charge is 0.331 e. The predicted octanol–water partition coefficient (Wildman–Crippen LogP) is 7.09. The summed E-state index contributed by atoms with van der Waals surface area (Å²) in [5, 5.41) is 0. The van der Waals surface area contributed by atoms with Gasteiger partial charge >= 0.3 is 11.9 Å². The second-order valence-corrected chi connectivity index (χ2v) is 17.9. The largest absolute Gasteiger partial charge is 0.493 e. The fourth-order valence-corrected chi connectivity index (χ4v) is 10.5. The van der Waals surface area contributed by atoms with Crippen molar-refractivity contribution in [2.24, 2.45) is 0 Å². The van der Waals surface area contributed by atoms with Crippen LogP contribution in [-0.2, 0) is 38.3 Å². The number of esters is 2. The molecular weight excluding hydrogens is 917 g/mol. The molecule has 0 saturated heterocycles. The molecule has 384 valence electrons. The Balaban J connectivity index is 1.11. The third-order valence-electron chi connectivity index (χ3n) is 14.0. The van der Waals surface area contributed by atoms with Crippen molar-refractivity contribution in [2.45, 2.75) is 44.2 Å². The van der Waals surface area contributed by atoms with Gasteiger partial charge in [-0.1, -0.05) is 6.07 Å². The van der Waals surface area contributed by atoms with Gasteiger partial charge in [-0.25, -0.2) is 9.59 Å². The Morgan fingerprint density at radius 2 is 1.01 bits per heavy atom. The number of benzene rings is 4. The van der Waals surface area contributed by atoms with Crippen molar-refractivity contribution in [3.63, 3.8) is 0 Å². The van der Waals surface area contributed by atoms with Crippen LogP contribution >= 0.6 is 0 Å². The summed E-state index contributed by atoms with van der Waals surface area (Å²) < 4.78 is 69.9. The molecule has 0 aliphatic carbocycles. The van der Waals surface area contributed by atoms with Crippen molar-refractivity contribution >= 4 is 18.2 Å². The van der Waals surface area contributed by atoms with Gasteiger partial charge < -0.3 is 65.8 Å². The van der Waals surface area contributed by atoms with E-state index in [0.29, 0.717) is 117 Å². The Bertz CT molecular complexity index is 2580. The minimum Gasteiger partial charge on any atom is -0.493 e. The molecule has 0 amide bonds. The second kappa shape index (κ2) is 23.8. The van der Waals surface area contributed by atoms with Gasteiger partial charge in [-0.3, -0.25) is 4.79 Å². The minimum absolute atomic E-state index is 0.0742. The van der Waals surface area contributed by atoms with Gasteiger partial charge in [0.05, 0.1) is 141 Å². The zero-order valence-electron chi connectivity index (χ0n) is 43.2. The van der Waals surface area contributed by atoms with Crippen LogP contribution in [0.4, 0.5) is 0 Å². The molecule has 0 spiro atoms. The van der Waals surface area contributed by atoms with E-state index in [-0.39, 0.29) is 25.3 Å². The van der Waals surface area contributed by atoms with Crippen molar-refractivity contribution in [2.75, 3.05) is 125 Å². The zero-order valence-corrected chi connectivity index (χ0v) is 43.2. The summed E-state index contributed by atoms with van der Waals surface area (Å²) in [5.41, 5.74) is 6.24. The number of quaternary nitrogens is 2. The van der Waals surface area contributed by atoms with Gasteiger partial charge in [0.2, 0.25) is 11.5 Å². The number of ether oxygens (including phenoxy) is 12. The molecule has 6 rings (SSSR count). The van der Waals surface area contributed by atoms with E-state index in [2.05, 4.69) is 14.1 Å². The third kappa shape index (κ3) is 11.2. The maximum absolute atomic E-state index is 13.0. The van der Waals surface area contributed by atoms with Crippen LogP contribution in [-0.4, -0.2) is 152 Å². The molecule has 0 radical (unpaired) electrons. The molecule has 17 heteroatoms. The average Bonchev–Trinajstić information content (AvgIpc) is 3.39. The van der Waals surface area contributed by atoms with Gasteiger partial charge in [0.25, 0.3) is 0 Å². The zero-order chi connectivity index (χ0) is 51.5. The Morgan fingerprint density at radius 3 is 1.52 bits per heavy atom. The summed E-state index contributed by atoms with van der Waals surface area (Å²) in [4.78, 5) is 38.3. The van der Waals surface area contributed by atoms with E-state index in [4.69, 9.17) is 56.8 Å². The first-order valence-electron chi connectivity index (χ1n) is 23.5. The molecule has 0 fully saturated rings. The maximum Gasteiger partial charge on any atom is 0.331 e. The van der Waals surface area contributed by atoms with E-state index >= 15 is 0 Å². The van der Waals surface area contributed by atoms with Gasteiger partial charge in [-0.15, -0.1) is 0 Å². The highest BCUT2D eigenvalue weighted by atomic mass is 16.6. The highest BCUT2D eigenvalue weighted by Gasteiger charge is 2.45. The first-order valence-corrected chi connectivity index (χ1v) is 23.5. The number of aldehydes is 1. The monoisotopic (exact) mass is 986 g/mol. The SMILES string of the molecule is COc1ccc(CC2c3c(cc(OC)c(OC)c3OC)CC[N+]2(C)CCCOC(=O)/C=C\C(=O)OCCC[N+]2(C)CCc3cc(OC)c(OC)c(OC)c3C2c2cc(C=O)c(OC)c(OC)c2)cc1OC. The molecule has 17 nitrogen and oxygen atoms in total. The Morgan fingerprint density at radius 1 is 0.535 bits per heavy atom. The molecule has 0 N–H and O–H groups in total. The number of nitrogens with zero attached hydrogens (tertiary/aromatic N) is 2. The fourth-order valence-electron chi connectivity index (χ4n) is 10.5. The molecule has 2 heterocycles. The van der Waals surface area contributed by atoms with Gasteiger partial charge in [0, 0.05) is 49.8 Å². The number of hydrogen-bond donors (Lipinski definition) is 0. The van der Waals surface area contributed by atoms with Gasteiger partial charge in [0.1, 0.15) is 12.1 Å². The molecule has 4 atom stereocenters. The predicted molar refractivity (Wildman–Crippen MR) is 265 cm³/mol. The number of methoxy groups -OCH3 is 10. The van der Waals surface area contributed by atoms with Gasteiger partial charge in [0.15, 0.2) is 52.3 Å². The Labute approximate surface area is 417 Å². The van der Waals surface area contributed by atoms with E-state index in [1.54, 1.807) is 56.9 Å². The first-order chi connectivity index (χ1) is 34.2. The highest BCUT2D eigenvalue weighted by Crippen LogP contribution is 2.53. The van der Waals surface area contributed by atoms with Crippen LogP contribution in [0, 0.1) is 0 Å².